The molecule has 0 unspecified atom stereocenters. The van der Waals surface area contributed by atoms with Crippen LogP contribution in [0.15, 0.2) is 10.6 Å². The minimum Gasteiger partial charge on any atom is -0.336 e. The molecule has 0 aliphatic carbocycles. The van der Waals surface area contributed by atoms with Crippen LogP contribution in [0.25, 0.3) is 11.1 Å². The number of hydrogen-bond acceptors (Lipinski definition) is 6. The Balaban J connectivity index is 1.89. The van der Waals surface area contributed by atoms with Gasteiger partial charge in [0, 0.05) is 12.1 Å². The van der Waals surface area contributed by atoms with Crippen molar-refractivity contribution in [3.05, 3.63) is 28.8 Å². The number of amides is 1. The van der Waals surface area contributed by atoms with Crippen molar-refractivity contribution in [1.29, 1.82) is 0 Å². The average molecular weight is 314 g/mol. The molecule has 3 heterocycles. The van der Waals surface area contributed by atoms with E-state index in [0.717, 1.165) is 12.2 Å². The molecule has 1 amide bonds. The molecule has 0 aromatic carbocycles. The van der Waals surface area contributed by atoms with E-state index in [1.54, 1.807) is 19.9 Å². The molecule has 0 saturated carbocycles. The van der Waals surface area contributed by atoms with Crippen molar-refractivity contribution in [2.45, 2.75) is 34.1 Å². The van der Waals surface area contributed by atoms with E-state index in [9.17, 15) is 4.79 Å². The van der Waals surface area contributed by atoms with Crippen LogP contribution in [0, 0.1) is 19.8 Å². The Labute approximate surface area is 132 Å². The number of pyridine rings is 1. The molecule has 0 aliphatic heterocycles. The number of fused-ring (bicyclic) bond motifs is 1. The Hall–Kier alpha value is -2.77. The first kappa shape index (κ1) is 15.1. The Morgan fingerprint density at radius 2 is 2.13 bits per heavy atom. The van der Waals surface area contributed by atoms with Crippen molar-refractivity contribution in [1.82, 2.24) is 25.3 Å². The Morgan fingerprint density at radius 3 is 2.87 bits per heavy atom. The Kier molecular flexibility index (Phi) is 3.81. The van der Waals surface area contributed by atoms with E-state index in [1.807, 2.05) is 0 Å². The highest BCUT2D eigenvalue weighted by atomic mass is 16.5. The molecule has 120 valence electrons. The average Bonchev–Trinajstić information content (AvgIpc) is 3.04. The van der Waals surface area contributed by atoms with Crippen molar-refractivity contribution in [2.75, 3.05) is 5.32 Å². The van der Waals surface area contributed by atoms with E-state index < -0.39 is 0 Å². The van der Waals surface area contributed by atoms with Crippen LogP contribution in [0.2, 0.25) is 0 Å². The quantitative estimate of drug-likeness (QED) is 0.765. The standard InChI is InChI=1S/C15H18N6O2/c1-7(2)5-11-17-15(20-19-11)18-13(22)10-6-8(3)16-14-12(10)9(4)21-23-14/h6-7H,5H2,1-4H3,(H2,17,18,19,20,22). The molecular weight excluding hydrogens is 296 g/mol. The molecule has 23 heavy (non-hydrogen) atoms. The molecule has 0 bridgehead atoms. The molecule has 3 rings (SSSR count). The van der Waals surface area contributed by atoms with Gasteiger partial charge in [0.1, 0.15) is 5.82 Å². The van der Waals surface area contributed by atoms with Gasteiger partial charge in [0.05, 0.1) is 16.6 Å². The summed E-state index contributed by atoms with van der Waals surface area (Å²) in [5, 5.41) is 14.0. The lowest BCUT2D eigenvalue weighted by Crippen LogP contribution is -2.14. The van der Waals surface area contributed by atoms with E-state index in [-0.39, 0.29) is 11.9 Å². The topological polar surface area (TPSA) is 110 Å². The molecule has 3 aromatic rings. The van der Waals surface area contributed by atoms with E-state index in [4.69, 9.17) is 4.52 Å². The molecule has 3 aromatic heterocycles. The summed E-state index contributed by atoms with van der Waals surface area (Å²) in [5.41, 5.74) is 2.09. The first-order valence-electron chi connectivity index (χ1n) is 7.40. The first-order valence-corrected chi connectivity index (χ1v) is 7.40. The van der Waals surface area contributed by atoms with Gasteiger partial charge >= 0.3 is 0 Å². The Morgan fingerprint density at radius 1 is 1.35 bits per heavy atom. The minimum atomic E-state index is -0.318. The summed E-state index contributed by atoms with van der Waals surface area (Å²) in [4.78, 5) is 21.1. The van der Waals surface area contributed by atoms with Gasteiger partial charge in [-0.05, 0) is 25.8 Å². The smallest absolute Gasteiger partial charge is 0.259 e. The van der Waals surface area contributed by atoms with Crippen molar-refractivity contribution in [3.63, 3.8) is 0 Å². The number of rotatable bonds is 4. The van der Waals surface area contributed by atoms with Crippen LogP contribution in [-0.4, -0.2) is 31.2 Å². The molecule has 0 saturated heterocycles. The summed E-state index contributed by atoms with van der Waals surface area (Å²) in [6.07, 6.45) is 0.770. The van der Waals surface area contributed by atoms with Crippen molar-refractivity contribution in [2.24, 2.45) is 5.92 Å². The molecule has 2 N–H and O–H groups in total. The lowest BCUT2D eigenvalue weighted by Gasteiger charge is -2.03. The van der Waals surface area contributed by atoms with E-state index in [2.05, 4.69) is 44.5 Å². The highest BCUT2D eigenvalue weighted by molar-refractivity contribution is 6.11. The highest BCUT2D eigenvalue weighted by Gasteiger charge is 2.19. The number of nitrogens with one attached hydrogen (secondary N) is 2. The van der Waals surface area contributed by atoms with E-state index in [0.29, 0.717) is 34.0 Å². The minimum absolute atomic E-state index is 0.252. The monoisotopic (exact) mass is 314 g/mol. The lowest BCUT2D eigenvalue weighted by atomic mass is 10.1. The molecule has 8 nitrogen and oxygen atoms in total. The van der Waals surface area contributed by atoms with Crippen LogP contribution in [-0.2, 0) is 6.42 Å². The lowest BCUT2D eigenvalue weighted by molar-refractivity contribution is 0.102. The SMILES string of the molecule is Cc1cc(C(=O)Nc2n[nH]c(CC(C)C)n2)c2c(C)noc2n1. The number of aryl methyl sites for hydroxylation is 2. The van der Waals surface area contributed by atoms with Crippen LogP contribution in [0.4, 0.5) is 5.95 Å². The predicted octanol–water partition coefficient (Wildman–Crippen LogP) is 2.41. The second kappa shape index (κ2) is 5.79. The normalized spacial score (nSPS) is 11.3. The van der Waals surface area contributed by atoms with Gasteiger partial charge in [0.2, 0.25) is 5.95 Å². The third-order valence-electron chi connectivity index (χ3n) is 3.35. The van der Waals surface area contributed by atoms with Gasteiger partial charge in [-0.25, -0.2) is 4.98 Å². The number of aromatic nitrogens is 5. The van der Waals surface area contributed by atoms with Gasteiger partial charge < -0.3 is 4.52 Å². The number of aromatic amines is 1. The molecule has 0 fully saturated rings. The molecule has 0 radical (unpaired) electrons. The van der Waals surface area contributed by atoms with Crippen LogP contribution < -0.4 is 5.32 Å². The third-order valence-corrected chi connectivity index (χ3v) is 3.35. The predicted molar refractivity (Wildman–Crippen MR) is 84.2 cm³/mol. The molecule has 0 aliphatic rings. The fraction of sp³-hybridized carbons (Fsp3) is 0.400. The van der Waals surface area contributed by atoms with Gasteiger partial charge in [-0.1, -0.05) is 19.0 Å². The van der Waals surface area contributed by atoms with Gasteiger partial charge in [-0.3, -0.25) is 15.2 Å². The Bertz CT molecular complexity index is 864. The summed E-state index contributed by atoms with van der Waals surface area (Å²) in [5.74, 6) is 1.13. The van der Waals surface area contributed by atoms with Crippen LogP contribution >= 0.6 is 0 Å². The van der Waals surface area contributed by atoms with Gasteiger partial charge in [-0.2, -0.15) is 4.98 Å². The summed E-state index contributed by atoms with van der Waals surface area (Å²) in [6.45, 7) is 7.74. The molecule has 0 spiro atoms. The van der Waals surface area contributed by atoms with E-state index >= 15 is 0 Å². The second-order valence-corrected chi connectivity index (χ2v) is 5.92. The van der Waals surface area contributed by atoms with Crippen molar-refractivity contribution >= 4 is 23.0 Å². The van der Waals surface area contributed by atoms with Crippen LogP contribution in [0.1, 0.15) is 41.4 Å². The zero-order valence-electron chi connectivity index (χ0n) is 13.5. The summed E-state index contributed by atoms with van der Waals surface area (Å²) in [7, 11) is 0. The number of anilines is 1. The summed E-state index contributed by atoms with van der Waals surface area (Å²) in [6, 6.07) is 1.70. The van der Waals surface area contributed by atoms with Crippen LogP contribution in [0.5, 0.6) is 0 Å². The number of H-pyrrole nitrogens is 1. The van der Waals surface area contributed by atoms with E-state index in [1.165, 1.54) is 0 Å². The third kappa shape index (κ3) is 3.05. The van der Waals surface area contributed by atoms with Gasteiger partial charge in [-0.15, -0.1) is 5.10 Å². The zero-order chi connectivity index (χ0) is 16.6. The highest BCUT2D eigenvalue weighted by Crippen LogP contribution is 2.22. The van der Waals surface area contributed by atoms with Gasteiger partial charge in [0.15, 0.2) is 0 Å². The summed E-state index contributed by atoms with van der Waals surface area (Å²) >= 11 is 0. The van der Waals surface area contributed by atoms with Crippen molar-refractivity contribution in [3.8, 4) is 0 Å². The number of nitrogens with zero attached hydrogens (tertiary/aromatic N) is 4. The number of carbonyl (C=O) groups is 1. The number of carbonyl (C=O) groups excluding carboxylic acids is 1. The first-order chi connectivity index (χ1) is 10.9. The van der Waals surface area contributed by atoms with Crippen molar-refractivity contribution < 1.29 is 9.32 Å². The fourth-order valence-electron chi connectivity index (χ4n) is 2.39. The molecule has 8 heteroatoms. The second-order valence-electron chi connectivity index (χ2n) is 5.92. The zero-order valence-corrected chi connectivity index (χ0v) is 13.5. The van der Waals surface area contributed by atoms with Gasteiger partial charge in [0.25, 0.3) is 11.6 Å². The molecule has 0 atom stereocenters. The maximum absolute atomic E-state index is 12.6. The maximum atomic E-state index is 12.6. The summed E-state index contributed by atoms with van der Waals surface area (Å²) < 4.78 is 5.14. The van der Waals surface area contributed by atoms with Crippen LogP contribution in [0.3, 0.4) is 0 Å². The maximum Gasteiger partial charge on any atom is 0.259 e. The largest absolute Gasteiger partial charge is 0.336 e. The number of hydrogen-bond donors (Lipinski definition) is 2. The fourth-order valence-corrected chi connectivity index (χ4v) is 2.39. The molecular formula is C15H18N6O2.